The van der Waals surface area contributed by atoms with E-state index < -0.39 is 0 Å². The van der Waals surface area contributed by atoms with Crippen LogP contribution in [0.1, 0.15) is 12.8 Å². The van der Waals surface area contributed by atoms with Crippen LogP contribution in [0.15, 0.2) is 0 Å². The Hall–Kier alpha value is 0.690. The minimum Gasteiger partial charge on any atom is -0.317 e. The molecule has 0 aliphatic carbocycles. The molecule has 0 amide bonds. The van der Waals surface area contributed by atoms with Crippen molar-refractivity contribution in [2.24, 2.45) is 0 Å². The fourth-order valence-electron chi connectivity index (χ4n) is 0.787. The number of hydrogen-bond donors (Lipinski definition) is 1. The molecule has 1 aliphatic rings. The molecule has 1 saturated heterocycles. The maximum atomic E-state index is 3.31. The average molecular weight is 211 g/mol. The fraction of sp³-hybridized carbons (Fsp3) is 1.00. The van der Waals surface area contributed by atoms with E-state index >= 15 is 0 Å². The molecule has 1 fully saturated rings. The first kappa shape index (κ1) is 5.82. The topological polar surface area (TPSA) is 12.0 Å². The Kier molecular flexibility index (Phi) is 2.38. The third kappa shape index (κ3) is 1.95. The summed E-state index contributed by atoms with van der Waals surface area (Å²) in [6, 6.07) is 0. The van der Waals surface area contributed by atoms with E-state index in [0.29, 0.717) is 0 Å². The number of halogens is 1. The molecular formula is C5H10IN. The van der Waals surface area contributed by atoms with E-state index in [1.807, 2.05) is 0 Å². The highest BCUT2D eigenvalue weighted by Crippen LogP contribution is 2.11. The predicted octanol–water partition coefficient (Wildman–Crippen LogP) is 1.17. The lowest BCUT2D eigenvalue weighted by Gasteiger charge is -2.15. The quantitative estimate of drug-likeness (QED) is 0.468. The highest BCUT2D eigenvalue weighted by Gasteiger charge is 2.06. The van der Waals surface area contributed by atoms with Gasteiger partial charge in [-0.15, -0.1) is 0 Å². The molecule has 0 aromatic heterocycles. The van der Waals surface area contributed by atoms with Crippen LogP contribution < -0.4 is 5.32 Å². The lowest BCUT2D eigenvalue weighted by Crippen LogP contribution is -2.27. The Bertz CT molecular complexity index is 50.0. The molecule has 0 aromatic carbocycles. The van der Waals surface area contributed by atoms with Gasteiger partial charge in [0.2, 0.25) is 0 Å². The number of rotatable bonds is 0. The highest BCUT2D eigenvalue weighted by molar-refractivity contribution is 14.1. The molecule has 0 atom stereocenters. The predicted molar refractivity (Wildman–Crippen MR) is 39.9 cm³/mol. The largest absolute Gasteiger partial charge is 0.317 e. The minimum absolute atomic E-state index is 0.943. The number of nitrogens with one attached hydrogen (secondary N) is 1. The van der Waals surface area contributed by atoms with Gasteiger partial charge in [-0.1, -0.05) is 22.6 Å². The van der Waals surface area contributed by atoms with Gasteiger partial charge in [0, 0.05) is 3.92 Å². The third-order valence-electron chi connectivity index (χ3n) is 1.27. The van der Waals surface area contributed by atoms with Crippen molar-refractivity contribution < 1.29 is 0 Å². The van der Waals surface area contributed by atoms with Gasteiger partial charge in [-0.3, -0.25) is 0 Å². The summed E-state index contributed by atoms with van der Waals surface area (Å²) in [6.07, 6.45) is 2.72. The zero-order chi connectivity index (χ0) is 5.11. The van der Waals surface area contributed by atoms with Crippen LogP contribution in [0.4, 0.5) is 0 Å². The van der Waals surface area contributed by atoms with Crippen molar-refractivity contribution in [3.63, 3.8) is 0 Å². The Morgan fingerprint density at radius 3 is 2.14 bits per heavy atom. The van der Waals surface area contributed by atoms with Crippen LogP contribution in [0.5, 0.6) is 0 Å². The molecule has 7 heavy (non-hydrogen) atoms. The Balaban J connectivity index is 2.12. The zero-order valence-corrected chi connectivity index (χ0v) is 6.44. The third-order valence-corrected chi connectivity index (χ3v) is 2.51. The van der Waals surface area contributed by atoms with Crippen LogP contribution in [0, 0.1) is 0 Å². The van der Waals surface area contributed by atoms with Crippen LogP contribution in [0.3, 0.4) is 0 Å². The molecule has 0 radical (unpaired) electrons. The lowest BCUT2D eigenvalue weighted by molar-refractivity contribution is 0.543. The molecule has 0 saturated carbocycles. The van der Waals surface area contributed by atoms with Crippen LogP contribution in [-0.4, -0.2) is 17.0 Å². The summed E-state index contributed by atoms with van der Waals surface area (Å²) < 4.78 is 0.943. The molecule has 1 nitrogen and oxygen atoms in total. The van der Waals surface area contributed by atoms with Gasteiger partial charge in [0.15, 0.2) is 0 Å². The molecule has 0 spiro atoms. The molecular weight excluding hydrogens is 201 g/mol. The highest BCUT2D eigenvalue weighted by atomic mass is 127. The first-order valence-corrected chi connectivity index (χ1v) is 3.99. The number of alkyl halides is 1. The van der Waals surface area contributed by atoms with Crippen molar-refractivity contribution in [2.45, 2.75) is 16.8 Å². The van der Waals surface area contributed by atoms with E-state index in [1.54, 1.807) is 0 Å². The van der Waals surface area contributed by atoms with Crippen LogP contribution in [0.2, 0.25) is 0 Å². The van der Waals surface area contributed by atoms with Crippen molar-refractivity contribution in [1.82, 2.24) is 5.32 Å². The van der Waals surface area contributed by atoms with Gasteiger partial charge in [-0.05, 0) is 25.9 Å². The van der Waals surface area contributed by atoms with E-state index in [4.69, 9.17) is 0 Å². The van der Waals surface area contributed by atoms with E-state index in [9.17, 15) is 0 Å². The van der Waals surface area contributed by atoms with Crippen molar-refractivity contribution in [3.8, 4) is 0 Å². The van der Waals surface area contributed by atoms with E-state index in [2.05, 4.69) is 27.9 Å². The van der Waals surface area contributed by atoms with Gasteiger partial charge in [0.05, 0.1) is 0 Å². The molecule has 1 heterocycles. The summed E-state index contributed by atoms with van der Waals surface area (Å²) in [6.45, 7) is 2.46. The summed E-state index contributed by atoms with van der Waals surface area (Å²) in [5, 5.41) is 3.31. The molecule has 42 valence electrons. The number of hydrogen-bond acceptors (Lipinski definition) is 1. The van der Waals surface area contributed by atoms with Crippen molar-refractivity contribution in [1.29, 1.82) is 0 Å². The van der Waals surface area contributed by atoms with Crippen molar-refractivity contribution >= 4 is 22.6 Å². The molecule has 0 bridgehead atoms. The molecule has 1 N–H and O–H groups in total. The van der Waals surface area contributed by atoms with E-state index in [0.717, 1.165) is 3.92 Å². The smallest absolute Gasteiger partial charge is 0.0134 e. The molecule has 2 heteroatoms. The van der Waals surface area contributed by atoms with Crippen LogP contribution in [-0.2, 0) is 0 Å². The summed E-state index contributed by atoms with van der Waals surface area (Å²) in [7, 11) is 0. The maximum Gasteiger partial charge on any atom is 0.0134 e. The van der Waals surface area contributed by atoms with Gasteiger partial charge in [0.25, 0.3) is 0 Å². The standard InChI is InChI=1S/C5H10IN/c6-5-1-3-7-4-2-5/h5,7H,1-4H2. The zero-order valence-electron chi connectivity index (χ0n) is 4.28. The van der Waals surface area contributed by atoms with Crippen molar-refractivity contribution in [3.05, 3.63) is 0 Å². The fourth-order valence-corrected chi connectivity index (χ4v) is 1.41. The van der Waals surface area contributed by atoms with Crippen LogP contribution >= 0.6 is 22.6 Å². The summed E-state index contributed by atoms with van der Waals surface area (Å²) in [5.41, 5.74) is 0. The molecule has 1 aliphatic heterocycles. The normalized spacial score (nSPS) is 25.3. The van der Waals surface area contributed by atoms with Crippen molar-refractivity contribution in [2.75, 3.05) is 13.1 Å². The van der Waals surface area contributed by atoms with Gasteiger partial charge in [-0.2, -0.15) is 0 Å². The second kappa shape index (κ2) is 2.87. The lowest BCUT2D eigenvalue weighted by atomic mass is 10.2. The van der Waals surface area contributed by atoms with Gasteiger partial charge < -0.3 is 5.32 Å². The summed E-state index contributed by atoms with van der Waals surface area (Å²) in [5.74, 6) is 0. The van der Waals surface area contributed by atoms with Gasteiger partial charge >= 0.3 is 0 Å². The Labute approximate surface area is 58.0 Å². The van der Waals surface area contributed by atoms with Gasteiger partial charge in [0.1, 0.15) is 0 Å². The molecule has 1 rings (SSSR count). The Morgan fingerprint density at radius 2 is 1.86 bits per heavy atom. The monoisotopic (exact) mass is 211 g/mol. The van der Waals surface area contributed by atoms with Crippen LogP contribution in [0.25, 0.3) is 0 Å². The van der Waals surface area contributed by atoms with E-state index in [1.165, 1.54) is 25.9 Å². The first-order valence-electron chi connectivity index (χ1n) is 2.74. The number of piperidine rings is 1. The summed E-state index contributed by atoms with van der Waals surface area (Å²) >= 11 is 2.52. The SMILES string of the molecule is IC1CCNCC1. The second-order valence-electron chi connectivity index (χ2n) is 1.92. The van der Waals surface area contributed by atoms with Gasteiger partial charge in [-0.25, -0.2) is 0 Å². The van der Waals surface area contributed by atoms with E-state index in [-0.39, 0.29) is 0 Å². The first-order chi connectivity index (χ1) is 3.39. The average Bonchev–Trinajstić information content (AvgIpc) is 1.69. The Morgan fingerprint density at radius 1 is 1.29 bits per heavy atom. The maximum absolute atomic E-state index is 3.31. The summed E-state index contributed by atoms with van der Waals surface area (Å²) in [4.78, 5) is 0. The second-order valence-corrected chi connectivity index (χ2v) is 3.69. The molecule has 0 aromatic rings. The minimum atomic E-state index is 0.943. The molecule has 0 unspecified atom stereocenters.